The SMILES string of the molecule is O=C(O)c1nc2n(CCN3CCOCC3)c3ccccc3n2c(=O)c1O. The minimum absolute atomic E-state index is 0.208. The fourth-order valence-electron chi connectivity index (χ4n) is 3.32. The highest BCUT2D eigenvalue weighted by Gasteiger charge is 2.22. The predicted molar refractivity (Wildman–Crippen MR) is 92.8 cm³/mol. The molecule has 0 atom stereocenters. The molecule has 9 nitrogen and oxygen atoms in total. The summed E-state index contributed by atoms with van der Waals surface area (Å²) in [5.74, 6) is -2.09. The lowest BCUT2D eigenvalue weighted by Crippen LogP contribution is -2.38. The largest absolute Gasteiger partial charge is 0.501 e. The summed E-state index contributed by atoms with van der Waals surface area (Å²) >= 11 is 0. The molecule has 1 saturated heterocycles. The number of aromatic carboxylic acids is 1. The van der Waals surface area contributed by atoms with E-state index < -0.39 is 23.0 Å². The predicted octanol–water partition coefficient (Wildman–Crippen LogP) is 0.385. The number of hydrogen-bond acceptors (Lipinski definition) is 6. The van der Waals surface area contributed by atoms with Crippen LogP contribution in [0.2, 0.25) is 0 Å². The topological polar surface area (TPSA) is 109 Å². The van der Waals surface area contributed by atoms with Crippen LogP contribution in [0.15, 0.2) is 29.1 Å². The number of morpholine rings is 1. The number of nitrogens with zero attached hydrogens (tertiary/aromatic N) is 4. The van der Waals surface area contributed by atoms with E-state index in [-0.39, 0.29) is 5.78 Å². The van der Waals surface area contributed by atoms with Crippen LogP contribution in [0.3, 0.4) is 0 Å². The monoisotopic (exact) mass is 358 g/mol. The summed E-state index contributed by atoms with van der Waals surface area (Å²) in [7, 11) is 0. The van der Waals surface area contributed by atoms with Crippen LogP contribution in [0.25, 0.3) is 16.8 Å². The number of para-hydroxylation sites is 2. The number of rotatable bonds is 4. The second-order valence-corrected chi connectivity index (χ2v) is 6.15. The van der Waals surface area contributed by atoms with Gasteiger partial charge in [0.05, 0.1) is 24.2 Å². The number of carbonyl (C=O) groups is 1. The van der Waals surface area contributed by atoms with E-state index in [2.05, 4.69) is 9.88 Å². The molecule has 136 valence electrons. The fraction of sp³-hybridized carbons (Fsp3) is 0.353. The average Bonchev–Trinajstić information content (AvgIpc) is 2.97. The first-order valence-corrected chi connectivity index (χ1v) is 8.34. The average molecular weight is 358 g/mol. The molecule has 1 fully saturated rings. The van der Waals surface area contributed by atoms with Gasteiger partial charge >= 0.3 is 11.5 Å². The van der Waals surface area contributed by atoms with Crippen LogP contribution in [0, 0.1) is 0 Å². The molecule has 2 aromatic heterocycles. The number of carboxylic acids is 1. The molecular formula is C17H18N4O5. The Bertz CT molecular complexity index is 1050. The number of fused-ring (bicyclic) bond motifs is 3. The first-order chi connectivity index (χ1) is 12.6. The summed E-state index contributed by atoms with van der Waals surface area (Å²) in [6.07, 6.45) is 0. The molecule has 0 saturated carbocycles. The van der Waals surface area contributed by atoms with Crippen LogP contribution in [-0.4, -0.2) is 67.9 Å². The van der Waals surface area contributed by atoms with Gasteiger partial charge in [0.1, 0.15) is 0 Å². The maximum Gasteiger partial charge on any atom is 0.358 e. The zero-order chi connectivity index (χ0) is 18.3. The minimum atomic E-state index is -1.44. The summed E-state index contributed by atoms with van der Waals surface area (Å²) in [5.41, 5.74) is -0.0827. The number of imidazole rings is 1. The van der Waals surface area contributed by atoms with Crippen molar-refractivity contribution in [3.8, 4) is 5.75 Å². The second kappa shape index (κ2) is 6.43. The zero-order valence-corrected chi connectivity index (χ0v) is 14.0. The number of benzene rings is 1. The Morgan fingerprint density at radius 3 is 2.54 bits per heavy atom. The molecule has 26 heavy (non-hydrogen) atoms. The van der Waals surface area contributed by atoms with Gasteiger partial charge in [-0.25, -0.2) is 14.2 Å². The van der Waals surface area contributed by atoms with Gasteiger partial charge in [0, 0.05) is 26.2 Å². The van der Waals surface area contributed by atoms with E-state index in [0.29, 0.717) is 25.3 Å². The summed E-state index contributed by atoms with van der Waals surface area (Å²) in [4.78, 5) is 30.2. The number of aromatic hydroxyl groups is 1. The lowest BCUT2D eigenvalue weighted by Gasteiger charge is -2.26. The van der Waals surface area contributed by atoms with Crippen LogP contribution in [0.1, 0.15) is 10.5 Å². The van der Waals surface area contributed by atoms with Gasteiger partial charge < -0.3 is 19.5 Å². The van der Waals surface area contributed by atoms with E-state index in [1.807, 2.05) is 16.7 Å². The molecule has 0 amide bonds. The number of hydrogen-bond donors (Lipinski definition) is 2. The van der Waals surface area contributed by atoms with Crippen LogP contribution >= 0.6 is 0 Å². The van der Waals surface area contributed by atoms with Crippen molar-refractivity contribution in [2.75, 3.05) is 32.8 Å². The van der Waals surface area contributed by atoms with E-state index in [4.69, 9.17) is 4.74 Å². The maximum atomic E-state index is 12.6. The Labute approximate surface area is 147 Å². The molecule has 1 aliphatic heterocycles. The molecule has 2 N–H and O–H groups in total. The van der Waals surface area contributed by atoms with Crippen molar-refractivity contribution >= 4 is 22.8 Å². The Hall–Kier alpha value is -2.91. The summed E-state index contributed by atoms with van der Waals surface area (Å²) in [5, 5.41) is 19.2. The normalized spacial score (nSPS) is 15.7. The lowest BCUT2D eigenvalue weighted by molar-refractivity contribution is 0.0366. The van der Waals surface area contributed by atoms with Gasteiger partial charge in [-0.1, -0.05) is 12.1 Å². The third-order valence-corrected chi connectivity index (χ3v) is 4.64. The highest BCUT2D eigenvalue weighted by atomic mass is 16.5. The minimum Gasteiger partial charge on any atom is -0.501 e. The van der Waals surface area contributed by atoms with Gasteiger partial charge in [0.15, 0.2) is 5.69 Å². The van der Waals surface area contributed by atoms with Crippen LogP contribution in [0.5, 0.6) is 5.75 Å². The third kappa shape index (κ3) is 2.61. The molecule has 1 aromatic carbocycles. The van der Waals surface area contributed by atoms with Gasteiger partial charge in [-0.3, -0.25) is 9.69 Å². The summed E-state index contributed by atoms with van der Waals surface area (Å²) in [6, 6.07) is 7.22. The smallest absolute Gasteiger partial charge is 0.358 e. The first-order valence-electron chi connectivity index (χ1n) is 8.34. The Kier molecular flexibility index (Phi) is 4.09. The van der Waals surface area contributed by atoms with Crippen molar-refractivity contribution in [2.45, 2.75) is 6.54 Å². The van der Waals surface area contributed by atoms with Crippen molar-refractivity contribution < 1.29 is 19.7 Å². The van der Waals surface area contributed by atoms with Crippen molar-refractivity contribution in [1.82, 2.24) is 18.9 Å². The molecule has 0 radical (unpaired) electrons. The van der Waals surface area contributed by atoms with Gasteiger partial charge in [-0.2, -0.15) is 0 Å². The summed E-state index contributed by atoms with van der Waals surface area (Å²) < 4.78 is 8.43. The second-order valence-electron chi connectivity index (χ2n) is 6.15. The molecule has 0 unspecified atom stereocenters. The van der Waals surface area contributed by atoms with Crippen molar-refractivity contribution in [3.63, 3.8) is 0 Å². The molecule has 4 rings (SSSR count). The summed E-state index contributed by atoms with van der Waals surface area (Å²) in [6.45, 7) is 4.27. The van der Waals surface area contributed by atoms with Crippen molar-refractivity contribution in [2.24, 2.45) is 0 Å². The van der Waals surface area contributed by atoms with E-state index in [0.717, 1.165) is 25.2 Å². The quantitative estimate of drug-likeness (QED) is 0.694. The van der Waals surface area contributed by atoms with E-state index in [9.17, 15) is 19.8 Å². The molecule has 3 aromatic rings. The highest BCUT2D eigenvalue weighted by molar-refractivity contribution is 5.90. The fourth-order valence-corrected chi connectivity index (χ4v) is 3.32. The molecular weight excluding hydrogens is 340 g/mol. The Morgan fingerprint density at radius 2 is 1.85 bits per heavy atom. The van der Waals surface area contributed by atoms with Gasteiger partial charge in [0.2, 0.25) is 11.5 Å². The molecule has 0 spiro atoms. The molecule has 0 bridgehead atoms. The highest BCUT2D eigenvalue weighted by Crippen LogP contribution is 2.21. The maximum absolute atomic E-state index is 12.6. The number of aromatic nitrogens is 3. The van der Waals surface area contributed by atoms with Crippen molar-refractivity contribution in [1.29, 1.82) is 0 Å². The van der Waals surface area contributed by atoms with Crippen molar-refractivity contribution in [3.05, 3.63) is 40.3 Å². The number of carboxylic acid groups (broad SMARTS) is 1. The molecule has 3 heterocycles. The standard InChI is InChI=1S/C17H18N4O5/c22-14-13(16(24)25)18-17-20(6-5-19-7-9-26-10-8-19)11-3-1-2-4-12(11)21(17)15(14)23/h1-4,22H,5-10H2,(H,24,25). The zero-order valence-electron chi connectivity index (χ0n) is 14.0. The van der Waals surface area contributed by atoms with E-state index >= 15 is 0 Å². The van der Waals surface area contributed by atoms with Crippen LogP contribution < -0.4 is 5.56 Å². The number of ether oxygens (including phenoxy) is 1. The van der Waals surface area contributed by atoms with E-state index in [1.54, 1.807) is 12.1 Å². The van der Waals surface area contributed by atoms with Gasteiger partial charge in [-0.05, 0) is 12.1 Å². The Balaban J connectivity index is 1.88. The lowest BCUT2D eigenvalue weighted by atomic mass is 10.3. The van der Waals surface area contributed by atoms with E-state index in [1.165, 1.54) is 4.40 Å². The third-order valence-electron chi connectivity index (χ3n) is 4.64. The molecule has 1 aliphatic rings. The first kappa shape index (κ1) is 16.6. The van der Waals surface area contributed by atoms with Gasteiger partial charge in [-0.15, -0.1) is 0 Å². The van der Waals surface area contributed by atoms with Gasteiger partial charge in [0.25, 0.3) is 0 Å². The Morgan fingerprint density at radius 1 is 1.15 bits per heavy atom. The van der Waals surface area contributed by atoms with Crippen LogP contribution in [0.4, 0.5) is 0 Å². The van der Waals surface area contributed by atoms with Crippen LogP contribution in [-0.2, 0) is 11.3 Å². The molecule has 0 aliphatic carbocycles. The molecule has 9 heteroatoms.